The van der Waals surface area contributed by atoms with Crippen molar-refractivity contribution in [3.8, 4) is 0 Å². The summed E-state index contributed by atoms with van der Waals surface area (Å²) in [4.78, 5) is 9.02. The fourth-order valence-corrected chi connectivity index (χ4v) is 2.74. The molecule has 2 heterocycles. The molecule has 1 aromatic heterocycles. The molecule has 2 rings (SSSR count). The van der Waals surface area contributed by atoms with Crippen LogP contribution in [0, 0.1) is 0 Å². The monoisotopic (exact) mass is 283 g/mol. The molecule has 88 valence electrons. The summed E-state index contributed by atoms with van der Waals surface area (Å²) in [5.74, 6) is 0. The molecule has 1 fully saturated rings. The van der Waals surface area contributed by atoms with Gasteiger partial charge in [0.15, 0.2) is 0 Å². The van der Waals surface area contributed by atoms with Gasteiger partial charge in [-0.05, 0) is 55.0 Å². The summed E-state index contributed by atoms with van der Waals surface area (Å²) in [6.45, 7) is 2.24. The maximum Gasteiger partial charge on any atom is 0.129 e. The smallest absolute Gasteiger partial charge is 0.129 e. The molecule has 0 aliphatic carbocycles. The average Bonchev–Trinajstić information content (AvgIpc) is 2.30. The van der Waals surface area contributed by atoms with E-state index in [1.54, 1.807) is 0 Å². The van der Waals surface area contributed by atoms with Crippen LogP contribution in [0.3, 0.4) is 0 Å². The minimum Gasteiger partial charge on any atom is -0.369 e. The first-order valence-electron chi connectivity index (χ1n) is 5.70. The third-order valence-electron chi connectivity index (χ3n) is 3.27. The lowest BCUT2D eigenvalue weighted by Crippen LogP contribution is -2.42. The van der Waals surface area contributed by atoms with E-state index in [9.17, 15) is 0 Å². The van der Waals surface area contributed by atoms with Gasteiger partial charge in [-0.3, -0.25) is 0 Å². The summed E-state index contributed by atoms with van der Waals surface area (Å²) in [5, 5.41) is 0. The SMILES string of the molecule is CN(C)C1CCN(c2cccnc2Br)CC1. The van der Waals surface area contributed by atoms with Crippen molar-refractivity contribution >= 4 is 21.6 Å². The van der Waals surface area contributed by atoms with Crippen molar-refractivity contribution in [2.45, 2.75) is 18.9 Å². The van der Waals surface area contributed by atoms with Crippen LogP contribution >= 0.6 is 15.9 Å². The van der Waals surface area contributed by atoms with Crippen LogP contribution in [0.5, 0.6) is 0 Å². The van der Waals surface area contributed by atoms with Gasteiger partial charge in [0.1, 0.15) is 4.60 Å². The molecule has 0 bridgehead atoms. The van der Waals surface area contributed by atoms with Crippen LogP contribution in [-0.2, 0) is 0 Å². The van der Waals surface area contributed by atoms with E-state index in [1.807, 2.05) is 12.3 Å². The number of hydrogen-bond acceptors (Lipinski definition) is 3. The summed E-state index contributed by atoms with van der Waals surface area (Å²) < 4.78 is 0.957. The van der Waals surface area contributed by atoms with Crippen LogP contribution in [0.15, 0.2) is 22.9 Å². The molecule has 0 spiro atoms. The van der Waals surface area contributed by atoms with Crippen LogP contribution in [-0.4, -0.2) is 43.1 Å². The zero-order chi connectivity index (χ0) is 11.5. The molecule has 4 heteroatoms. The van der Waals surface area contributed by atoms with Crippen molar-refractivity contribution in [1.82, 2.24) is 9.88 Å². The molecule has 1 aromatic rings. The summed E-state index contributed by atoms with van der Waals surface area (Å²) >= 11 is 3.51. The molecule has 16 heavy (non-hydrogen) atoms. The van der Waals surface area contributed by atoms with E-state index in [2.05, 4.69) is 50.9 Å². The van der Waals surface area contributed by atoms with E-state index in [0.29, 0.717) is 0 Å². The van der Waals surface area contributed by atoms with Crippen molar-refractivity contribution in [3.05, 3.63) is 22.9 Å². The first-order chi connectivity index (χ1) is 7.68. The maximum atomic E-state index is 4.27. The number of pyridine rings is 1. The molecule has 0 N–H and O–H groups in total. The van der Waals surface area contributed by atoms with Crippen molar-refractivity contribution in [3.63, 3.8) is 0 Å². The van der Waals surface area contributed by atoms with Gasteiger partial charge in [-0.25, -0.2) is 4.98 Å². The van der Waals surface area contributed by atoms with E-state index >= 15 is 0 Å². The lowest BCUT2D eigenvalue weighted by molar-refractivity contribution is 0.249. The third kappa shape index (κ3) is 2.55. The van der Waals surface area contributed by atoms with E-state index in [1.165, 1.54) is 18.5 Å². The lowest BCUT2D eigenvalue weighted by Gasteiger charge is -2.36. The zero-order valence-corrected chi connectivity index (χ0v) is 11.4. The van der Waals surface area contributed by atoms with E-state index in [0.717, 1.165) is 23.7 Å². The summed E-state index contributed by atoms with van der Waals surface area (Å²) in [6, 6.07) is 4.86. The third-order valence-corrected chi connectivity index (χ3v) is 3.89. The summed E-state index contributed by atoms with van der Waals surface area (Å²) in [6.07, 6.45) is 4.28. The van der Waals surface area contributed by atoms with Gasteiger partial charge in [0.2, 0.25) is 0 Å². The highest BCUT2D eigenvalue weighted by molar-refractivity contribution is 9.10. The van der Waals surface area contributed by atoms with Crippen LogP contribution < -0.4 is 4.90 Å². The number of nitrogens with zero attached hydrogens (tertiary/aromatic N) is 3. The van der Waals surface area contributed by atoms with E-state index in [-0.39, 0.29) is 0 Å². The fraction of sp³-hybridized carbons (Fsp3) is 0.583. The van der Waals surface area contributed by atoms with Crippen LogP contribution in [0.2, 0.25) is 0 Å². The molecule has 1 aliphatic heterocycles. The Morgan fingerprint density at radius 1 is 1.38 bits per heavy atom. The zero-order valence-electron chi connectivity index (χ0n) is 9.86. The van der Waals surface area contributed by atoms with Crippen molar-refractivity contribution < 1.29 is 0 Å². The quantitative estimate of drug-likeness (QED) is 0.777. The minimum atomic E-state index is 0.728. The highest BCUT2D eigenvalue weighted by Crippen LogP contribution is 2.27. The molecule has 1 aliphatic rings. The fourth-order valence-electron chi connectivity index (χ4n) is 2.24. The Balaban J connectivity index is 2.02. The minimum absolute atomic E-state index is 0.728. The average molecular weight is 284 g/mol. The Labute approximate surface area is 106 Å². The molecule has 0 amide bonds. The number of anilines is 1. The number of halogens is 1. The van der Waals surface area contributed by atoms with Gasteiger partial charge in [-0.2, -0.15) is 0 Å². The van der Waals surface area contributed by atoms with Gasteiger partial charge in [0.05, 0.1) is 5.69 Å². The first-order valence-corrected chi connectivity index (χ1v) is 6.49. The largest absolute Gasteiger partial charge is 0.369 e. The highest BCUT2D eigenvalue weighted by atomic mass is 79.9. The number of hydrogen-bond donors (Lipinski definition) is 0. The number of aromatic nitrogens is 1. The van der Waals surface area contributed by atoms with Crippen LogP contribution in [0.4, 0.5) is 5.69 Å². The summed E-state index contributed by atoms with van der Waals surface area (Å²) in [5.41, 5.74) is 1.22. The Morgan fingerprint density at radius 3 is 2.62 bits per heavy atom. The molecule has 0 radical (unpaired) electrons. The van der Waals surface area contributed by atoms with Crippen molar-refractivity contribution in [2.75, 3.05) is 32.1 Å². The molecule has 0 aromatic carbocycles. The van der Waals surface area contributed by atoms with Gasteiger partial charge in [-0.15, -0.1) is 0 Å². The van der Waals surface area contributed by atoms with Gasteiger partial charge in [0, 0.05) is 25.3 Å². The molecule has 0 atom stereocenters. The Bertz CT molecular complexity index is 346. The van der Waals surface area contributed by atoms with Gasteiger partial charge < -0.3 is 9.80 Å². The summed E-state index contributed by atoms with van der Waals surface area (Å²) in [7, 11) is 4.33. The predicted octanol–water partition coefficient (Wildman–Crippen LogP) is 2.37. The van der Waals surface area contributed by atoms with Crippen LogP contribution in [0.1, 0.15) is 12.8 Å². The molecule has 0 unspecified atom stereocenters. The molecular formula is C12H18BrN3. The van der Waals surface area contributed by atoms with Gasteiger partial charge >= 0.3 is 0 Å². The first kappa shape index (κ1) is 11.9. The Kier molecular flexibility index (Phi) is 3.82. The number of piperidine rings is 1. The van der Waals surface area contributed by atoms with E-state index in [4.69, 9.17) is 0 Å². The highest BCUT2D eigenvalue weighted by Gasteiger charge is 2.21. The lowest BCUT2D eigenvalue weighted by atomic mass is 10.0. The maximum absolute atomic E-state index is 4.27. The second kappa shape index (κ2) is 5.15. The van der Waals surface area contributed by atoms with Gasteiger partial charge in [-0.1, -0.05) is 0 Å². The van der Waals surface area contributed by atoms with Gasteiger partial charge in [0.25, 0.3) is 0 Å². The molecule has 1 saturated heterocycles. The molecule has 3 nitrogen and oxygen atoms in total. The Morgan fingerprint density at radius 2 is 2.06 bits per heavy atom. The van der Waals surface area contributed by atoms with Crippen molar-refractivity contribution in [2.24, 2.45) is 0 Å². The van der Waals surface area contributed by atoms with Crippen molar-refractivity contribution in [1.29, 1.82) is 0 Å². The Hall–Kier alpha value is -0.610. The van der Waals surface area contributed by atoms with Crippen LogP contribution in [0.25, 0.3) is 0 Å². The second-order valence-electron chi connectivity index (χ2n) is 4.50. The molecular weight excluding hydrogens is 266 g/mol. The number of rotatable bonds is 2. The molecule has 0 saturated carbocycles. The normalized spacial score (nSPS) is 18.1. The van der Waals surface area contributed by atoms with E-state index < -0.39 is 0 Å². The topological polar surface area (TPSA) is 19.4 Å². The second-order valence-corrected chi connectivity index (χ2v) is 5.25. The predicted molar refractivity (Wildman–Crippen MR) is 70.9 cm³/mol. The standard InChI is InChI=1S/C12H18BrN3/c1-15(2)10-5-8-16(9-6-10)11-4-3-7-14-12(11)13/h3-4,7,10H,5-6,8-9H2,1-2H3.